The van der Waals surface area contributed by atoms with Crippen molar-refractivity contribution in [2.45, 2.75) is 19.6 Å². The number of hydrogen-bond donors (Lipinski definition) is 2. The van der Waals surface area contributed by atoms with Crippen molar-refractivity contribution in [3.8, 4) is 0 Å². The molecule has 0 aliphatic carbocycles. The minimum Gasteiger partial charge on any atom is -0.338 e. The van der Waals surface area contributed by atoms with Crippen molar-refractivity contribution in [3.05, 3.63) is 105 Å². The Morgan fingerprint density at radius 2 is 1.80 bits per heavy atom. The van der Waals surface area contributed by atoms with Gasteiger partial charge >= 0.3 is 6.18 Å². The highest BCUT2D eigenvalue weighted by atomic mass is 35.5. The zero-order valence-corrected chi connectivity index (χ0v) is 25.0. The molecule has 2 N–H and O–H groups in total. The number of hydrogen-bond acceptors (Lipinski definition) is 8. The lowest BCUT2D eigenvalue weighted by molar-refractivity contribution is -0.137. The minimum atomic E-state index is -4.63. The van der Waals surface area contributed by atoms with Gasteiger partial charge in [0.15, 0.2) is 0 Å². The molecule has 0 atom stereocenters. The van der Waals surface area contributed by atoms with E-state index in [0.29, 0.717) is 22.7 Å². The number of rotatable bonds is 8. The van der Waals surface area contributed by atoms with Crippen LogP contribution in [0.5, 0.6) is 0 Å². The number of aromatic nitrogens is 2. The van der Waals surface area contributed by atoms with Crippen LogP contribution in [0.15, 0.2) is 71.4 Å². The second-order valence-corrected chi connectivity index (χ2v) is 11.3. The molecule has 0 spiro atoms. The normalized spacial score (nSPS) is 14.2. The SMILES string of the molecule is Cc1csc(NC(=O)c2cccc(CN3CCN(c4ncccn4)CC3)c2)c1C(=O)N/N=C\c1ccc(Cl)c(C(F)(F)F)c1. The first-order chi connectivity index (χ1) is 21.1. The van der Waals surface area contributed by atoms with Gasteiger partial charge in [0.05, 0.1) is 22.4 Å². The molecule has 4 aromatic rings. The van der Waals surface area contributed by atoms with E-state index in [1.54, 1.807) is 36.8 Å². The summed E-state index contributed by atoms with van der Waals surface area (Å²) in [6, 6.07) is 12.4. The second-order valence-electron chi connectivity index (χ2n) is 10.0. The minimum absolute atomic E-state index is 0.101. The number of thiophene rings is 1. The zero-order chi connectivity index (χ0) is 31.3. The number of anilines is 2. The van der Waals surface area contributed by atoms with Crippen molar-refractivity contribution in [1.29, 1.82) is 0 Å². The molecule has 1 fully saturated rings. The van der Waals surface area contributed by atoms with Crippen LogP contribution in [0.25, 0.3) is 0 Å². The highest BCUT2D eigenvalue weighted by Crippen LogP contribution is 2.35. The number of nitrogens with zero attached hydrogens (tertiary/aromatic N) is 5. The Labute approximate surface area is 260 Å². The van der Waals surface area contributed by atoms with Crippen LogP contribution in [0, 0.1) is 6.92 Å². The molecule has 1 aliphatic heterocycles. The Morgan fingerprint density at radius 1 is 1.05 bits per heavy atom. The lowest BCUT2D eigenvalue weighted by Crippen LogP contribution is -2.46. The van der Waals surface area contributed by atoms with Crippen LogP contribution in [0.3, 0.4) is 0 Å². The zero-order valence-electron chi connectivity index (χ0n) is 23.4. The van der Waals surface area contributed by atoms with Crippen molar-refractivity contribution < 1.29 is 22.8 Å². The summed E-state index contributed by atoms with van der Waals surface area (Å²) in [5, 5.41) is 8.23. The number of alkyl halides is 3. The highest BCUT2D eigenvalue weighted by molar-refractivity contribution is 7.15. The van der Waals surface area contributed by atoms with Gasteiger partial charge in [0.25, 0.3) is 11.8 Å². The summed E-state index contributed by atoms with van der Waals surface area (Å²) >= 11 is 6.84. The third kappa shape index (κ3) is 7.59. The molecule has 2 aromatic heterocycles. The first-order valence-corrected chi connectivity index (χ1v) is 14.8. The van der Waals surface area contributed by atoms with E-state index in [9.17, 15) is 22.8 Å². The molecule has 1 saturated heterocycles. The van der Waals surface area contributed by atoms with Gasteiger partial charge in [0.2, 0.25) is 5.95 Å². The molecule has 44 heavy (non-hydrogen) atoms. The van der Waals surface area contributed by atoms with Crippen LogP contribution in [0.4, 0.5) is 24.1 Å². The van der Waals surface area contributed by atoms with Gasteiger partial charge in [-0.25, -0.2) is 15.4 Å². The predicted molar refractivity (Wildman–Crippen MR) is 164 cm³/mol. The standard InChI is InChI=1S/C30H27ClF3N7O2S/c1-19-18-44-28(25(19)27(43)39-37-16-20-6-7-24(31)23(15-20)30(32,33)34)38-26(42)22-5-2-4-21(14-22)17-40-10-12-41(13-11-40)29-35-8-3-9-36-29/h2-9,14-16,18H,10-13,17H2,1H3,(H,38,42)(H,39,43)/b37-16-. The van der Waals surface area contributed by atoms with Crippen LogP contribution < -0.4 is 15.6 Å². The number of halogens is 4. The molecule has 1 aliphatic rings. The molecule has 9 nitrogen and oxygen atoms in total. The maximum Gasteiger partial charge on any atom is 0.417 e. The van der Waals surface area contributed by atoms with Gasteiger partial charge in [0.1, 0.15) is 5.00 Å². The van der Waals surface area contributed by atoms with Crippen LogP contribution in [-0.4, -0.2) is 59.1 Å². The number of aryl methyl sites for hydroxylation is 1. The molecule has 0 radical (unpaired) electrons. The molecule has 2 aromatic carbocycles. The number of piperazine rings is 1. The Hall–Kier alpha value is -4.33. The Balaban J connectivity index is 1.19. The van der Waals surface area contributed by atoms with E-state index >= 15 is 0 Å². The Kier molecular flexibility index (Phi) is 9.57. The summed E-state index contributed by atoms with van der Waals surface area (Å²) in [6.07, 6.45) is -0.0793. The average Bonchev–Trinajstić information content (AvgIpc) is 3.37. The molecule has 0 unspecified atom stereocenters. The van der Waals surface area contributed by atoms with E-state index in [4.69, 9.17) is 11.6 Å². The first-order valence-electron chi connectivity index (χ1n) is 13.5. The fourth-order valence-corrected chi connectivity index (χ4v) is 5.85. The van der Waals surface area contributed by atoms with Crippen molar-refractivity contribution in [3.63, 3.8) is 0 Å². The fourth-order valence-electron chi connectivity index (χ4n) is 4.69. The third-order valence-electron chi connectivity index (χ3n) is 6.91. The van der Waals surface area contributed by atoms with Gasteiger partial charge in [-0.2, -0.15) is 18.3 Å². The summed E-state index contributed by atoms with van der Waals surface area (Å²) < 4.78 is 39.4. The van der Waals surface area contributed by atoms with Gasteiger partial charge in [-0.05, 0) is 59.3 Å². The van der Waals surface area contributed by atoms with E-state index in [2.05, 4.69) is 35.6 Å². The summed E-state index contributed by atoms with van der Waals surface area (Å²) in [7, 11) is 0. The maximum absolute atomic E-state index is 13.2. The summed E-state index contributed by atoms with van der Waals surface area (Å²) in [6.45, 7) is 5.63. The van der Waals surface area contributed by atoms with Crippen LogP contribution in [-0.2, 0) is 12.7 Å². The number of amides is 2. The first kappa shape index (κ1) is 31.1. The van der Waals surface area contributed by atoms with E-state index in [1.807, 2.05) is 18.2 Å². The Morgan fingerprint density at radius 3 is 2.52 bits per heavy atom. The number of nitrogens with one attached hydrogen (secondary N) is 2. The molecular formula is C30H27ClF3N7O2S. The number of carbonyl (C=O) groups is 2. The monoisotopic (exact) mass is 641 g/mol. The average molecular weight is 642 g/mol. The molecule has 0 bridgehead atoms. The molecule has 3 heterocycles. The van der Waals surface area contributed by atoms with E-state index in [0.717, 1.165) is 56.0 Å². The maximum atomic E-state index is 13.2. The molecular weight excluding hydrogens is 615 g/mol. The third-order valence-corrected chi connectivity index (χ3v) is 8.25. The van der Waals surface area contributed by atoms with Gasteiger partial charge in [-0.15, -0.1) is 11.3 Å². The van der Waals surface area contributed by atoms with Crippen molar-refractivity contribution in [1.82, 2.24) is 20.3 Å². The summed E-state index contributed by atoms with van der Waals surface area (Å²) in [4.78, 5) is 39.2. The van der Waals surface area contributed by atoms with Crippen molar-refractivity contribution >= 4 is 51.9 Å². The summed E-state index contributed by atoms with van der Waals surface area (Å²) in [5.74, 6) is -0.275. The fraction of sp³-hybridized carbons (Fsp3) is 0.233. The number of hydrazone groups is 1. The molecule has 14 heteroatoms. The van der Waals surface area contributed by atoms with Crippen molar-refractivity contribution in [2.24, 2.45) is 5.10 Å². The number of benzene rings is 2. The predicted octanol–water partition coefficient (Wildman–Crippen LogP) is 5.86. The van der Waals surface area contributed by atoms with Crippen molar-refractivity contribution in [2.75, 3.05) is 36.4 Å². The lowest BCUT2D eigenvalue weighted by Gasteiger charge is -2.34. The highest BCUT2D eigenvalue weighted by Gasteiger charge is 2.33. The van der Waals surface area contributed by atoms with Gasteiger partial charge in [-0.3, -0.25) is 14.5 Å². The topological polar surface area (TPSA) is 103 Å². The van der Waals surface area contributed by atoms with Gasteiger partial charge in [-0.1, -0.05) is 29.8 Å². The van der Waals surface area contributed by atoms with Gasteiger partial charge in [0, 0.05) is 50.7 Å². The molecule has 228 valence electrons. The number of carbonyl (C=O) groups excluding carboxylic acids is 2. The second kappa shape index (κ2) is 13.5. The van der Waals surface area contributed by atoms with Crippen LogP contribution in [0.2, 0.25) is 5.02 Å². The Bertz CT molecular complexity index is 1670. The summed E-state index contributed by atoms with van der Waals surface area (Å²) in [5.41, 5.74) is 3.67. The lowest BCUT2D eigenvalue weighted by atomic mass is 10.1. The molecule has 2 amide bonds. The van der Waals surface area contributed by atoms with E-state index in [1.165, 1.54) is 17.4 Å². The van der Waals surface area contributed by atoms with Gasteiger partial charge < -0.3 is 10.2 Å². The quantitative estimate of drug-likeness (QED) is 0.185. The molecule has 5 rings (SSSR count). The van der Waals surface area contributed by atoms with E-state index in [-0.39, 0.29) is 17.0 Å². The van der Waals surface area contributed by atoms with E-state index < -0.39 is 22.7 Å². The van der Waals surface area contributed by atoms with Crippen LogP contribution >= 0.6 is 22.9 Å². The van der Waals surface area contributed by atoms with Crippen LogP contribution in [0.1, 0.15) is 43.0 Å². The smallest absolute Gasteiger partial charge is 0.338 e. The molecule has 0 saturated carbocycles. The largest absolute Gasteiger partial charge is 0.417 e.